The Hall–Kier alpha value is -0.830. The van der Waals surface area contributed by atoms with Crippen LogP contribution in [0.15, 0.2) is 10.6 Å². The van der Waals surface area contributed by atoms with Crippen LogP contribution in [0.2, 0.25) is 0 Å². The number of rotatable bonds is 4. The Balaban J connectivity index is 2.27. The summed E-state index contributed by atoms with van der Waals surface area (Å²) in [5.74, 6) is 0.882. The Bertz CT molecular complexity index is 208. The highest BCUT2D eigenvalue weighted by atomic mass is 16.5. The molecule has 0 aliphatic heterocycles. The molecule has 0 atom stereocenters. The third kappa shape index (κ3) is 2.72. The predicted octanol–water partition coefficient (Wildman–Crippen LogP) is 1.26. The van der Waals surface area contributed by atoms with Crippen LogP contribution in [0.3, 0.4) is 0 Å². The van der Waals surface area contributed by atoms with Crippen LogP contribution in [-0.4, -0.2) is 11.7 Å². The average Bonchev–Trinajstić information content (AvgIpc) is 2.37. The lowest BCUT2D eigenvalue weighted by atomic mass is 10.2. The first kappa shape index (κ1) is 8.27. The normalized spacial score (nSPS) is 10.4. The molecule has 2 N–H and O–H groups in total. The minimum atomic E-state index is 0.761. The van der Waals surface area contributed by atoms with E-state index in [-0.39, 0.29) is 0 Å². The number of nitrogens with two attached hydrogens (primary N) is 1. The summed E-state index contributed by atoms with van der Waals surface area (Å²) in [5.41, 5.74) is 6.39. The van der Waals surface area contributed by atoms with Crippen LogP contribution >= 0.6 is 0 Å². The van der Waals surface area contributed by atoms with Crippen LogP contribution in [0.4, 0.5) is 0 Å². The molecule has 0 aromatic carbocycles. The molecule has 1 heterocycles. The molecule has 0 aliphatic rings. The number of aromatic nitrogens is 1. The third-order valence-corrected chi connectivity index (χ3v) is 1.56. The first-order valence-corrected chi connectivity index (χ1v) is 3.95. The molecule has 0 saturated heterocycles. The summed E-state index contributed by atoms with van der Waals surface area (Å²) in [4.78, 5) is 0. The average molecular weight is 154 g/mol. The second kappa shape index (κ2) is 4.13. The highest BCUT2D eigenvalue weighted by Crippen LogP contribution is 2.04. The summed E-state index contributed by atoms with van der Waals surface area (Å²) >= 11 is 0. The maximum atomic E-state index is 5.35. The molecule has 0 bridgehead atoms. The second-order valence-corrected chi connectivity index (χ2v) is 2.67. The zero-order valence-electron chi connectivity index (χ0n) is 6.84. The first-order chi connectivity index (χ1) is 5.33. The summed E-state index contributed by atoms with van der Waals surface area (Å²) in [6.45, 7) is 2.66. The number of unbranched alkanes of at least 4 members (excludes halogenated alkanes) is 1. The zero-order chi connectivity index (χ0) is 8.10. The van der Waals surface area contributed by atoms with Gasteiger partial charge in [0.15, 0.2) is 0 Å². The van der Waals surface area contributed by atoms with E-state index in [1.807, 2.05) is 13.0 Å². The van der Waals surface area contributed by atoms with Crippen LogP contribution in [0, 0.1) is 6.92 Å². The molecule has 0 unspecified atom stereocenters. The van der Waals surface area contributed by atoms with E-state index in [0.717, 1.165) is 37.3 Å². The van der Waals surface area contributed by atoms with Gasteiger partial charge in [-0.1, -0.05) is 5.16 Å². The van der Waals surface area contributed by atoms with Crippen molar-refractivity contribution in [3.63, 3.8) is 0 Å². The quantitative estimate of drug-likeness (QED) is 0.664. The Labute approximate surface area is 66.6 Å². The Morgan fingerprint density at radius 1 is 1.55 bits per heavy atom. The van der Waals surface area contributed by atoms with Crippen LogP contribution in [-0.2, 0) is 6.42 Å². The molecule has 0 spiro atoms. The number of hydrogen-bond donors (Lipinski definition) is 1. The maximum Gasteiger partial charge on any atom is 0.133 e. The highest BCUT2D eigenvalue weighted by Gasteiger charge is 1.98. The summed E-state index contributed by atoms with van der Waals surface area (Å²) < 4.78 is 4.91. The van der Waals surface area contributed by atoms with Gasteiger partial charge in [-0.2, -0.15) is 0 Å². The summed E-state index contributed by atoms with van der Waals surface area (Å²) in [6.07, 6.45) is 3.14. The van der Waals surface area contributed by atoms with Crippen LogP contribution in [0.25, 0.3) is 0 Å². The number of aryl methyl sites for hydroxylation is 2. The molecule has 0 fully saturated rings. The second-order valence-electron chi connectivity index (χ2n) is 2.67. The molecule has 11 heavy (non-hydrogen) atoms. The highest BCUT2D eigenvalue weighted by molar-refractivity contribution is 5.03. The lowest BCUT2D eigenvalue weighted by Gasteiger charge is -1.91. The molecule has 1 aromatic rings. The van der Waals surface area contributed by atoms with E-state index in [0.29, 0.717) is 0 Å². The minimum Gasteiger partial charge on any atom is -0.361 e. The summed E-state index contributed by atoms with van der Waals surface area (Å²) in [7, 11) is 0. The van der Waals surface area contributed by atoms with Gasteiger partial charge in [0.25, 0.3) is 0 Å². The molecule has 1 rings (SSSR count). The molecule has 3 nitrogen and oxygen atoms in total. The lowest BCUT2D eigenvalue weighted by Crippen LogP contribution is -1.98. The molecule has 0 aliphatic carbocycles. The van der Waals surface area contributed by atoms with Gasteiger partial charge in [0, 0.05) is 6.07 Å². The topological polar surface area (TPSA) is 52.0 Å². The van der Waals surface area contributed by atoms with E-state index < -0.39 is 0 Å². The van der Waals surface area contributed by atoms with Gasteiger partial charge in [-0.25, -0.2) is 0 Å². The van der Waals surface area contributed by atoms with Gasteiger partial charge in [-0.3, -0.25) is 0 Å². The standard InChI is InChI=1S/C8H14N2O/c1-7-6-8(10-11-7)4-2-3-5-9/h6H,2-5,9H2,1H3. The Morgan fingerprint density at radius 3 is 2.91 bits per heavy atom. The van der Waals surface area contributed by atoms with E-state index in [4.69, 9.17) is 10.3 Å². The van der Waals surface area contributed by atoms with Crippen molar-refractivity contribution in [3.8, 4) is 0 Å². The minimum absolute atomic E-state index is 0.761. The predicted molar refractivity (Wildman–Crippen MR) is 43.2 cm³/mol. The van der Waals surface area contributed by atoms with E-state index in [2.05, 4.69) is 5.16 Å². The van der Waals surface area contributed by atoms with Gasteiger partial charge in [-0.05, 0) is 32.7 Å². The van der Waals surface area contributed by atoms with Crippen LogP contribution < -0.4 is 5.73 Å². The van der Waals surface area contributed by atoms with Gasteiger partial charge in [0.2, 0.25) is 0 Å². The fourth-order valence-electron chi connectivity index (χ4n) is 0.986. The summed E-state index contributed by atoms with van der Waals surface area (Å²) in [6, 6.07) is 1.97. The van der Waals surface area contributed by atoms with Crippen molar-refractivity contribution in [2.45, 2.75) is 26.2 Å². The molecule has 1 aromatic heterocycles. The van der Waals surface area contributed by atoms with E-state index in [1.54, 1.807) is 0 Å². The van der Waals surface area contributed by atoms with E-state index in [9.17, 15) is 0 Å². The molecule has 0 saturated carbocycles. The van der Waals surface area contributed by atoms with Crippen molar-refractivity contribution in [2.75, 3.05) is 6.54 Å². The fraction of sp³-hybridized carbons (Fsp3) is 0.625. The Kier molecular flexibility index (Phi) is 3.11. The van der Waals surface area contributed by atoms with Gasteiger partial charge in [0.05, 0.1) is 5.69 Å². The molecule has 3 heteroatoms. The van der Waals surface area contributed by atoms with Gasteiger partial charge < -0.3 is 10.3 Å². The van der Waals surface area contributed by atoms with Gasteiger partial charge in [-0.15, -0.1) is 0 Å². The number of hydrogen-bond acceptors (Lipinski definition) is 3. The van der Waals surface area contributed by atoms with Crippen molar-refractivity contribution in [1.82, 2.24) is 5.16 Å². The largest absolute Gasteiger partial charge is 0.361 e. The third-order valence-electron chi connectivity index (χ3n) is 1.56. The maximum absolute atomic E-state index is 5.35. The zero-order valence-corrected chi connectivity index (χ0v) is 6.84. The van der Waals surface area contributed by atoms with Gasteiger partial charge >= 0.3 is 0 Å². The smallest absolute Gasteiger partial charge is 0.133 e. The number of nitrogens with zero attached hydrogens (tertiary/aromatic N) is 1. The van der Waals surface area contributed by atoms with Crippen molar-refractivity contribution in [1.29, 1.82) is 0 Å². The lowest BCUT2D eigenvalue weighted by molar-refractivity contribution is 0.389. The molecule has 0 radical (unpaired) electrons. The fourth-order valence-corrected chi connectivity index (χ4v) is 0.986. The Morgan fingerprint density at radius 2 is 2.36 bits per heavy atom. The first-order valence-electron chi connectivity index (χ1n) is 3.95. The summed E-state index contributed by atoms with van der Waals surface area (Å²) in [5, 5.41) is 3.87. The molecule has 0 amide bonds. The van der Waals surface area contributed by atoms with Crippen molar-refractivity contribution < 1.29 is 4.52 Å². The van der Waals surface area contributed by atoms with E-state index in [1.165, 1.54) is 0 Å². The van der Waals surface area contributed by atoms with Crippen molar-refractivity contribution >= 4 is 0 Å². The van der Waals surface area contributed by atoms with Crippen LogP contribution in [0.5, 0.6) is 0 Å². The van der Waals surface area contributed by atoms with Crippen molar-refractivity contribution in [3.05, 3.63) is 17.5 Å². The molecule has 62 valence electrons. The molecular weight excluding hydrogens is 140 g/mol. The van der Waals surface area contributed by atoms with E-state index >= 15 is 0 Å². The van der Waals surface area contributed by atoms with Crippen LogP contribution in [0.1, 0.15) is 24.3 Å². The SMILES string of the molecule is Cc1cc(CCCCN)no1. The van der Waals surface area contributed by atoms with Crippen molar-refractivity contribution in [2.24, 2.45) is 5.73 Å². The monoisotopic (exact) mass is 154 g/mol. The van der Waals surface area contributed by atoms with Gasteiger partial charge in [0.1, 0.15) is 5.76 Å². The molecular formula is C8H14N2O.